The molecule has 34 heavy (non-hydrogen) atoms. The first-order valence-corrected chi connectivity index (χ1v) is 10.3. The van der Waals surface area contributed by atoms with Crippen LogP contribution >= 0.6 is 0 Å². The van der Waals surface area contributed by atoms with Crippen molar-refractivity contribution in [2.24, 2.45) is 0 Å². The van der Waals surface area contributed by atoms with Crippen molar-refractivity contribution in [1.82, 2.24) is 20.3 Å². The van der Waals surface area contributed by atoms with E-state index in [-0.39, 0.29) is 36.7 Å². The largest absolute Gasteiger partial charge is 0.491 e. The quantitative estimate of drug-likeness (QED) is 0.561. The normalized spacial score (nSPS) is 15.2. The van der Waals surface area contributed by atoms with Gasteiger partial charge >= 0.3 is 12.2 Å². The lowest BCUT2D eigenvalue weighted by Crippen LogP contribution is -2.42. The summed E-state index contributed by atoms with van der Waals surface area (Å²) in [5.74, 6) is 0.362. The van der Waals surface area contributed by atoms with Crippen LogP contribution in [-0.2, 0) is 17.8 Å². The van der Waals surface area contributed by atoms with Crippen molar-refractivity contribution in [2.75, 3.05) is 20.3 Å². The molecule has 0 aliphatic carbocycles. The van der Waals surface area contributed by atoms with Gasteiger partial charge in [-0.2, -0.15) is 13.2 Å². The molecular weight excluding hydrogens is 453 g/mol. The molecule has 11 heteroatoms. The van der Waals surface area contributed by atoms with Gasteiger partial charge in [-0.3, -0.25) is 9.78 Å². The second-order valence-corrected chi connectivity index (χ2v) is 7.57. The SMILES string of the molecule is COc1ncc(-c2cccc3c2C[C@H](NC(=O)c2ccc(COCC(F)(F)F)nc2)CO3)cn1. The van der Waals surface area contributed by atoms with E-state index < -0.39 is 12.8 Å². The van der Waals surface area contributed by atoms with Crippen molar-refractivity contribution in [3.05, 3.63) is 65.7 Å². The maximum Gasteiger partial charge on any atom is 0.411 e. The fourth-order valence-corrected chi connectivity index (χ4v) is 3.52. The number of amides is 1. The van der Waals surface area contributed by atoms with E-state index in [0.717, 1.165) is 22.4 Å². The number of hydrogen-bond donors (Lipinski definition) is 1. The second-order valence-electron chi connectivity index (χ2n) is 7.57. The summed E-state index contributed by atoms with van der Waals surface area (Å²) in [4.78, 5) is 25.0. The van der Waals surface area contributed by atoms with E-state index in [4.69, 9.17) is 9.47 Å². The third-order valence-corrected chi connectivity index (χ3v) is 5.08. The Morgan fingerprint density at radius 2 is 1.94 bits per heavy atom. The Morgan fingerprint density at radius 1 is 1.15 bits per heavy atom. The minimum Gasteiger partial charge on any atom is -0.491 e. The molecule has 0 saturated heterocycles. The zero-order chi connectivity index (χ0) is 24.1. The molecule has 0 fully saturated rings. The molecule has 1 atom stereocenters. The summed E-state index contributed by atoms with van der Waals surface area (Å²) in [5, 5.41) is 2.92. The topological polar surface area (TPSA) is 95.5 Å². The van der Waals surface area contributed by atoms with Crippen molar-refractivity contribution in [3.63, 3.8) is 0 Å². The Hall–Kier alpha value is -3.73. The van der Waals surface area contributed by atoms with Crippen LogP contribution in [0.4, 0.5) is 13.2 Å². The first-order chi connectivity index (χ1) is 16.3. The minimum absolute atomic E-state index is 0.265. The lowest BCUT2D eigenvalue weighted by atomic mass is 9.94. The number of aromatic nitrogens is 3. The van der Waals surface area contributed by atoms with E-state index in [0.29, 0.717) is 12.1 Å². The molecular formula is C23H21F3N4O4. The number of halogens is 3. The molecule has 178 valence electrons. The van der Waals surface area contributed by atoms with Gasteiger partial charge in [-0.1, -0.05) is 12.1 Å². The third kappa shape index (κ3) is 5.79. The number of alkyl halides is 3. The average molecular weight is 474 g/mol. The molecule has 1 aliphatic heterocycles. The van der Waals surface area contributed by atoms with Crippen LogP contribution in [-0.4, -0.2) is 53.4 Å². The molecule has 1 amide bonds. The fourth-order valence-electron chi connectivity index (χ4n) is 3.52. The van der Waals surface area contributed by atoms with Gasteiger partial charge < -0.3 is 19.5 Å². The molecule has 2 aromatic heterocycles. The van der Waals surface area contributed by atoms with Gasteiger partial charge in [-0.05, 0) is 23.8 Å². The molecule has 0 radical (unpaired) electrons. The van der Waals surface area contributed by atoms with Crippen LogP contribution in [0.15, 0.2) is 48.9 Å². The smallest absolute Gasteiger partial charge is 0.411 e. The summed E-state index contributed by atoms with van der Waals surface area (Å²) in [7, 11) is 1.49. The summed E-state index contributed by atoms with van der Waals surface area (Å²) in [6, 6.07) is 8.59. The number of nitrogens with one attached hydrogen (secondary N) is 1. The highest BCUT2D eigenvalue weighted by atomic mass is 19.4. The van der Waals surface area contributed by atoms with E-state index in [2.05, 4.69) is 25.0 Å². The number of benzene rings is 1. The Labute approximate surface area is 193 Å². The molecule has 3 aromatic rings. The van der Waals surface area contributed by atoms with Gasteiger partial charge in [0, 0.05) is 36.1 Å². The summed E-state index contributed by atoms with van der Waals surface area (Å²) in [6.45, 7) is -1.37. The van der Waals surface area contributed by atoms with Crippen LogP contribution in [0.1, 0.15) is 21.6 Å². The van der Waals surface area contributed by atoms with Gasteiger partial charge in [0.15, 0.2) is 0 Å². The number of nitrogens with zero attached hydrogens (tertiary/aromatic N) is 3. The van der Waals surface area contributed by atoms with Crippen molar-refractivity contribution < 1.29 is 32.2 Å². The van der Waals surface area contributed by atoms with E-state index in [1.165, 1.54) is 25.4 Å². The van der Waals surface area contributed by atoms with E-state index in [1.807, 2.05) is 18.2 Å². The molecule has 4 rings (SSSR count). The number of carbonyl (C=O) groups is 1. The first kappa shape index (κ1) is 23.4. The maximum absolute atomic E-state index is 12.7. The summed E-state index contributed by atoms with van der Waals surface area (Å²) >= 11 is 0. The lowest BCUT2D eigenvalue weighted by Gasteiger charge is -2.28. The molecule has 0 unspecified atom stereocenters. The molecule has 8 nitrogen and oxygen atoms in total. The maximum atomic E-state index is 12.7. The zero-order valence-corrected chi connectivity index (χ0v) is 18.1. The number of ether oxygens (including phenoxy) is 3. The zero-order valence-electron chi connectivity index (χ0n) is 18.1. The first-order valence-electron chi connectivity index (χ1n) is 10.3. The molecule has 0 spiro atoms. The van der Waals surface area contributed by atoms with Gasteiger partial charge in [0.2, 0.25) is 0 Å². The van der Waals surface area contributed by atoms with Crippen LogP contribution in [0.2, 0.25) is 0 Å². The van der Waals surface area contributed by atoms with E-state index in [1.54, 1.807) is 12.4 Å². The lowest BCUT2D eigenvalue weighted by molar-refractivity contribution is -0.176. The number of methoxy groups -OCH3 is 1. The van der Waals surface area contributed by atoms with Crippen molar-refractivity contribution >= 4 is 5.91 Å². The number of fused-ring (bicyclic) bond motifs is 1. The summed E-state index contributed by atoms with van der Waals surface area (Å²) in [6.07, 6.45) is 0.755. The Balaban J connectivity index is 1.40. The monoisotopic (exact) mass is 474 g/mol. The predicted molar refractivity (Wildman–Crippen MR) is 114 cm³/mol. The number of rotatable bonds is 7. The molecule has 3 heterocycles. The highest BCUT2D eigenvalue weighted by molar-refractivity contribution is 5.94. The number of pyridine rings is 1. The van der Waals surface area contributed by atoms with Crippen LogP contribution < -0.4 is 14.8 Å². The van der Waals surface area contributed by atoms with Gasteiger partial charge in [0.05, 0.1) is 31.0 Å². The van der Waals surface area contributed by atoms with E-state index >= 15 is 0 Å². The molecule has 1 aliphatic rings. The van der Waals surface area contributed by atoms with Crippen LogP contribution in [0.3, 0.4) is 0 Å². The predicted octanol–water partition coefficient (Wildman–Crippen LogP) is 3.36. The minimum atomic E-state index is -4.40. The van der Waals surface area contributed by atoms with Gasteiger partial charge in [-0.15, -0.1) is 0 Å². The molecule has 0 bridgehead atoms. The number of carbonyl (C=O) groups excluding carboxylic acids is 1. The van der Waals surface area contributed by atoms with Crippen LogP contribution in [0.25, 0.3) is 11.1 Å². The van der Waals surface area contributed by atoms with E-state index in [9.17, 15) is 18.0 Å². The summed E-state index contributed by atoms with van der Waals surface area (Å²) in [5.41, 5.74) is 3.18. The van der Waals surface area contributed by atoms with Crippen molar-refractivity contribution in [1.29, 1.82) is 0 Å². The Bertz CT molecular complexity index is 1140. The number of hydrogen-bond acceptors (Lipinski definition) is 7. The Morgan fingerprint density at radius 3 is 2.62 bits per heavy atom. The highest BCUT2D eigenvalue weighted by Gasteiger charge is 2.27. The standard InChI is InChI=1S/C23H21F3N4O4/c1-32-22-28-9-15(10-29-22)18-3-2-4-20-19(18)7-17(12-34-20)30-21(31)14-5-6-16(27-8-14)11-33-13-23(24,25)26/h2-6,8-10,17H,7,11-13H2,1H3,(H,30,31)/t17-/m0/s1. The van der Waals surface area contributed by atoms with Gasteiger partial charge in [0.25, 0.3) is 5.91 Å². The average Bonchev–Trinajstić information content (AvgIpc) is 2.83. The van der Waals surface area contributed by atoms with Crippen molar-refractivity contribution in [2.45, 2.75) is 25.2 Å². The van der Waals surface area contributed by atoms with Crippen LogP contribution in [0.5, 0.6) is 11.8 Å². The third-order valence-electron chi connectivity index (χ3n) is 5.08. The van der Waals surface area contributed by atoms with Gasteiger partial charge in [-0.25, -0.2) is 9.97 Å². The van der Waals surface area contributed by atoms with Crippen LogP contribution in [0, 0.1) is 0 Å². The Kier molecular flexibility index (Phi) is 6.92. The highest BCUT2D eigenvalue weighted by Crippen LogP contribution is 2.34. The fraction of sp³-hybridized carbons (Fsp3) is 0.304. The van der Waals surface area contributed by atoms with Gasteiger partial charge in [0.1, 0.15) is 19.0 Å². The van der Waals surface area contributed by atoms with Crippen molar-refractivity contribution in [3.8, 4) is 22.9 Å². The molecule has 0 saturated carbocycles. The molecule has 1 N–H and O–H groups in total. The summed E-state index contributed by atoms with van der Waals surface area (Å²) < 4.78 is 52.0. The molecule has 1 aromatic carbocycles. The second kappa shape index (κ2) is 10.0.